The first-order valence-electron chi connectivity index (χ1n) is 6.82. The minimum Gasteiger partial charge on any atom is -0.383 e. The zero-order chi connectivity index (χ0) is 14.3. The van der Waals surface area contributed by atoms with Crippen molar-refractivity contribution in [1.29, 1.82) is 0 Å². The Morgan fingerprint density at radius 2 is 2.16 bits per heavy atom. The Morgan fingerprint density at radius 1 is 1.42 bits per heavy atom. The second-order valence-corrected chi connectivity index (χ2v) is 5.80. The SMILES string of the molecule is CCN(CCC(N)c1cccc(Br)c1)C(C)COC. The highest BCUT2D eigenvalue weighted by molar-refractivity contribution is 9.10. The van der Waals surface area contributed by atoms with Crippen LogP contribution in [-0.2, 0) is 4.74 Å². The van der Waals surface area contributed by atoms with E-state index < -0.39 is 0 Å². The number of likely N-dealkylation sites (N-methyl/N-ethyl adjacent to an activating group) is 1. The molecule has 2 N–H and O–H groups in total. The van der Waals surface area contributed by atoms with Crippen LogP contribution in [0.25, 0.3) is 0 Å². The fraction of sp³-hybridized carbons (Fsp3) is 0.600. The minimum absolute atomic E-state index is 0.0845. The van der Waals surface area contributed by atoms with Crippen molar-refractivity contribution in [1.82, 2.24) is 4.90 Å². The lowest BCUT2D eigenvalue weighted by Crippen LogP contribution is -2.37. The van der Waals surface area contributed by atoms with E-state index in [1.54, 1.807) is 7.11 Å². The molecule has 1 aromatic rings. The first kappa shape index (κ1) is 16.6. The summed E-state index contributed by atoms with van der Waals surface area (Å²) in [6.07, 6.45) is 0.957. The largest absolute Gasteiger partial charge is 0.383 e. The molecule has 2 atom stereocenters. The summed E-state index contributed by atoms with van der Waals surface area (Å²) in [5.41, 5.74) is 7.45. The lowest BCUT2D eigenvalue weighted by molar-refractivity contribution is 0.101. The topological polar surface area (TPSA) is 38.5 Å². The monoisotopic (exact) mass is 328 g/mol. The van der Waals surface area contributed by atoms with Crippen LogP contribution in [0.15, 0.2) is 28.7 Å². The Hall–Kier alpha value is -0.420. The van der Waals surface area contributed by atoms with Gasteiger partial charge < -0.3 is 10.5 Å². The van der Waals surface area contributed by atoms with Crippen molar-refractivity contribution in [2.24, 2.45) is 5.73 Å². The van der Waals surface area contributed by atoms with Gasteiger partial charge in [0.2, 0.25) is 0 Å². The number of ether oxygens (including phenoxy) is 1. The molecule has 0 spiro atoms. The Kier molecular flexibility index (Phi) is 7.61. The minimum atomic E-state index is 0.0845. The first-order chi connectivity index (χ1) is 9.08. The Morgan fingerprint density at radius 3 is 2.74 bits per heavy atom. The van der Waals surface area contributed by atoms with E-state index in [1.807, 2.05) is 12.1 Å². The van der Waals surface area contributed by atoms with Crippen molar-refractivity contribution in [2.45, 2.75) is 32.4 Å². The van der Waals surface area contributed by atoms with Crippen molar-refractivity contribution >= 4 is 15.9 Å². The molecule has 108 valence electrons. The fourth-order valence-electron chi connectivity index (χ4n) is 2.25. The zero-order valence-corrected chi connectivity index (χ0v) is 13.7. The first-order valence-corrected chi connectivity index (χ1v) is 7.61. The average molecular weight is 329 g/mol. The van der Waals surface area contributed by atoms with E-state index in [0.717, 1.165) is 30.6 Å². The van der Waals surface area contributed by atoms with Gasteiger partial charge in [-0.25, -0.2) is 0 Å². The van der Waals surface area contributed by atoms with E-state index in [0.29, 0.717) is 6.04 Å². The number of nitrogens with two attached hydrogens (primary N) is 1. The van der Waals surface area contributed by atoms with Gasteiger partial charge in [0.15, 0.2) is 0 Å². The van der Waals surface area contributed by atoms with Gasteiger partial charge in [-0.15, -0.1) is 0 Å². The van der Waals surface area contributed by atoms with Gasteiger partial charge in [-0.05, 0) is 37.6 Å². The van der Waals surface area contributed by atoms with E-state index >= 15 is 0 Å². The third kappa shape index (κ3) is 5.61. The lowest BCUT2D eigenvalue weighted by atomic mass is 10.0. The molecule has 3 nitrogen and oxygen atoms in total. The van der Waals surface area contributed by atoms with Crippen molar-refractivity contribution in [3.05, 3.63) is 34.3 Å². The third-order valence-corrected chi connectivity index (χ3v) is 3.93. The predicted molar refractivity (Wildman–Crippen MR) is 84.3 cm³/mol. The van der Waals surface area contributed by atoms with Crippen LogP contribution in [0.3, 0.4) is 0 Å². The van der Waals surface area contributed by atoms with Crippen LogP contribution in [0.1, 0.15) is 31.9 Å². The highest BCUT2D eigenvalue weighted by Crippen LogP contribution is 2.19. The normalized spacial score (nSPS) is 14.6. The maximum atomic E-state index is 6.26. The number of halogens is 1. The van der Waals surface area contributed by atoms with E-state index in [2.05, 4.69) is 46.8 Å². The van der Waals surface area contributed by atoms with Crippen LogP contribution in [0.5, 0.6) is 0 Å². The van der Waals surface area contributed by atoms with Gasteiger partial charge in [-0.1, -0.05) is 35.0 Å². The standard InChI is InChI=1S/C15H25BrN2O/c1-4-18(12(2)11-19-3)9-8-15(17)13-6-5-7-14(16)10-13/h5-7,10,12,15H,4,8-9,11,17H2,1-3H3. The maximum Gasteiger partial charge on any atom is 0.0615 e. The molecule has 0 aliphatic rings. The molecular weight excluding hydrogens is 304 g/mol. The van der Waals surface area contributed by atoms with Gasteiger partial charge >= 0.3 is 0 Å². The summed E-state index contributed by atoms with van der Waals surface area (Å²) in [6.45, 7) is 7.15. The van der Waals surface area contributed by atoms with Gasteiger partial charge in [0, 0.05) is 30.2 Å². The third-order valence-electron chi connectivity index (χ3n) is 3.44. The van der Waals surface area contributed by atoms with Crippen molar-refractivity contribution in [3.63, 3.8) is 0 Å². The highest BCUT2D eigenvalue weighted by Gasteiger charge is 2.14. The van der Waals surface area contributed by atoms with Crippen molar-refractivity contribution < 1.29 is 4.74 Å². The molecule has 1 rings (SSSR count). The number of hydrogen-bond donors (Lipinski definition) is 1. The fourth-order valence-corrected chi connectivity index (χ4v) is 2.66. The Labute approximate surface area is 125 Å². The summed E-state index contributed by atoms with van der Waals surface area (Å²) >= 11 is 3.49. The number of methoxy groups -OCH3 is 1. The smallest absolute Gasteiger partial charge is 0.0615 e. The molecule has 0 aliphatic heterocycles. The van der Waals surface area contributed by atoms with Crippen LogP contribution in [0, 0.1) is 0 Å². The van der Waals surface area contributed by atoms with E-state index in [4.69, 9.17) is 10.5 Å². The number of benzene rings is 1. The molecule has 19 heavy (non-hydrogen) atoms. The molecule has 0 fully saturated rings. The average Bonchev–Trinajstić information content (AvgIpc) is 2.39. The van der Waals surface area contributed by atoms with Gasteiger partial charge in [0.1, 0.15) is 0 Å². The molecule has 0 aliphatic carbocycles. The van der Waals surface area contributed by atoms with Crippen LogP contribution in [-0.4, -0.2) is 37.7 Å². The molecule has 0 amide bonds. The van der Waals surface area contributed by atoms with Crippen molar-refractivity contribution in [2.75, 3.05) is 26.8 Å². The molecule has 0 bridgehead atoms. The Balaban J connectivity index is 2.50. The summed E-state index contributed by atoms with van der Waals surface area (Å²) in [5, 5.41) is 0. The lowest BCUT2D eigenvalue weighted by Gasteiger charge is -2.28. The molecule has 2 unspecified atom stereocenters. The van der Waals surface area contributed by atoms with Crippen LogP contribution >= 0.6 is 15.9 Å². The molecule has 0 saturated carbocycles. The maximum absolute atomic E-state index is 6.26. The van der Waals surface area contributed by atoms with Crippen molar-refractivity contribution in [3.8, 4) is 0 Å². The molecule has 1 aromatic carbocycles. The Bertz CT molecular complexity index is 373. The van der Waals surface area contributed by atoms with E-state index in [1.165, 1.54) is 5.56 Å². The summed E-state index contributed by atoms with van der Waals surface area (Å²) in [5.74, 6) is 0. The van der Waals surface area contributed by atoms with Crippen LogP contribution < -0.4 is 5.73 Å². The van der Waals surface area contributed by atoms with Gasteiger partial charge in [0.05, 0.1) is 6.61 Å². The predicted octanol–water partition coefficient (Wildman–Crippen LogP) is 3.20. The summed E-state index contributed by atoms with van der Waals surface area (Å²) in [7, 11) is 1.75. The quantitative estimate of drug-likeness (QED) is 0.796. The second kappa shape index (κ2) is 8.69. The molecule has 4 heteroatoms. The van der Waals surface area contributed by atoms with Gasteiger partial charge in [-0.2, -0.15) is 0 Å². The van der Waals surface area contributed by atoms with Gasteiger partial charge in [-0.3, -0.25) is 4.90 Å². The number of rotatable bonds is 8. The van der Waals surface area contributed by atoms with Crippen LogP contribution in [0.4, 0.5) is 0 Å². The molecular formula is C15H25BrN2O. The molecule has 0 heterocycles. The number of hydrogen-bond acceptors (Lipinski definition) is 3. The summed E-state index contributed by atoms with van der Waals surface area (Å²) in [6, 6.07) is 8.76. The van der Waals surface area contributed by atoms with E-state index in [9.17, 15) is 0 Å². The van der Waals surface area contributed by atoms with Gasteiger partial charge in [0.25, 0.3) is 0 Å². The molecule has 0 aromatic heterocycles. The van der Waals surface area contributed by atoms with Crippen LogP contribution in [0.2, 0.25) is 0 Å². The summed E-state index contributed by atoms with van der Waals surface area (Å²) in [4.78, 5) is 2.40. The second-order valence-electron chi connectivity index (χ2n) is 4.88. The molecule has 0 radical (unpaired) electrons. The van der Waals surface area contributed by atoms with E-state index in [-0.39, 0.29) is 6.04 Å². The number of nitrogens with zero attached hydrogens (tertiary/aromatic N) is 1. The highest BCUT2D eigenvalue weighted by atomic mass is 79.9. The molecule has 0 saturated heterocycles. The summed E-state index contributed by atoms with van der Waals surface area (Å²) < 4.78 is 6.30. The zero-order valence-electron chi connectivity index (χ0n) is 12.1.